The quantitative estimate of drug-likeness (QED) is 0.933. The number of nitrogens with one attached hydrogen (secondary N) is 1. The second-order valence-corrected chi connectivity index (χ2v) is 5.18. The lowest BCUT2D eigenvalue weighted by molar-refractivity contribution is 0.0828. The summed E-state index contributed by atoms with van der Waals surface area (Å²) in [6, 6.07) is 12.4. The van der Waals surface area contributed by atoms with Gasteiger partial charge in [0.1, 0.15) is 5.82 Å². The van der Waals surface area contributed by atoms with Gasteiger partial charge in [0, 0.05) is 26.3 Å². The van der Waals surface area contributed by atoms with E-state index in [1.165, 1.54) is 6.07 Å². The molecule has 0 saturated heterocycles. The number of anilines is 1. The molecule has 0 atom stereocenters. The molecule has 2 rings (SSSR count). The van der Waals surface area contributed by atoms with E-state index in [2.05, 4.69) is 5.32 Å². The van der Waals surface area contributed by atoms with E-state index < -0.39 is 0 Å². The number of nitrogens with zero attached hydrogens (tertiary/aromatic N) is 1. The molecule has 0 saturated carbocycles. The van der Waals surface area contributed by atoms with E-state index in [-0.39, 0.29) is 11.7 Å². The fourth-order valence-corrected chi connectivity index (χ4v) is 2.08. The minimum absolute atomic E-state index is 0.0478. The molecular weight excluding hydrogens is 267 g/mol. The van der Waals surface area contributed by atoms with Crippen molar-refractivity contribution in [1.82, 2.24) is 4.90 Å². The van der Waals surface area contributed by atoms with E-state index in [0.717, 1.165) is 11.3 Å². The van der Waals surface area contributed by atoms with Crippen molar-refractivity contribution in [2.45, 2.75) is 13.5 Å². The monoisotopic (exact) mass is 286 g/mol. The van der Waals surface area contributed by atoms with Crippen LogP contribution in [-0.2, 0) is 6.54 Å². The molecule has 3 nitrogen and oxygen atoms in total. The number of carbonyl (C=O) groups is 1. The second-order valence-electron chi connectivity index (χ2n) is 5.18. The Hall–Kier alpha value is -2.36. The van der Waals surface area contributed by atoms with E-state index in [0.29, 0.717) is 17.7 Å². The zero-order valence-electron chi connectivity index (χ0n) is 12.5. The van der Waals surface area contributed by atoms with E-state index in [4.69, 9.17) is 0 Å². The van der Waals surface area contributed by atoms with Crippen molar-refractivity contribution in [1.29, 1.82) is 0 Å². The lowest BCUT2D eigenvalue weighted by Gasteiger charge is -2.15. The van der Waals surface area contributed by atoms with Crippen molar-refractivity contribution in [2.24, 2.45) is 0 Å². The van der Waals surface area contributed by atoms with Gasteiger partial charge in [-0.05, 0) is 36.2 Å². The van der Waals surface area contributed by atoms with Crippen molar-refractivity contribution in [3.8, 4) is 0 Å². The third-order valence-corrected chi connectivity index (χ3v) is 3.27. The summed E-state index contributed by atoms with van der Waals surface area (Å²) in [7, 11) is 3.45. The lowest BCUT2D eigenvalue weighted by Crippen LogP contribution is -2.22. The van der Waals surface area contributed by atoms with Gasteiger partial charge in [-0.3, -0.25) is 4.79 Å². The highest BCUT2D eigenvalue weighted by molar-refractivity contribution is 5.99. The number of benzene rings is 2. The molecule has 0 aliphatic carbocycles. The van der Waals surface area contributed by atoms with Crippen molar-refractivity contribution >= 4 is 11.6 Å². The van der Waals surface area contributed by atoms with Crippen LogP contribution in [-0.4, -0.2) is 24.9 Å². The number of carbonyl (C=O) groups excluding carboxylic acids is 1. The maximum Gasteiger partial charge on any atom is 0.255 e. The maximum atomic E-state index is 13.3. The molecule has 4 heteroatoms. The molecule has 21 heavy (non-hydrogen) atoms. The first kappa shape index (κ1) is 15.0. The summed E-state index contributed by atoms with van der Waals surface area (Å²) in [5.74, 6) is -0.254. The van der Waals surface area contributed by atoms with E-state index in [1.807, 2.05) is 18.2 Å². The highest BCUT2D eigenvalue weighted by Gasteiger charge is 2.12. The Kier molecular flexibility index (Phi) is 4.58. The molecule has 0 aromatic heterocycles. The first-order valence-electron chi connectivity index (χ1n) is 6.78. The molecular formula is C17H19FN2O. The van der Waals surface area contributed by atoms with Gasteiger partial charge in [-0.2, -0.15) is 0 Å². The van der Waals surface area contributed by atoms with Crippen LogP contribution in [0.25, 0.3) is 0 Å². The predicted molar refractivity (Wildman–Crippen MR) is 82.9 cm³/mol. The van der Waals surface area contributed by atoms with Crippen LogP contribution in [0, 0.1) is 12.7 Å². The molecule has 2 aromatic rings. The lowest BCUT2D eigenvalue weighted by atomic mass is 10.1. The molecule has 1 N–H and O–H groups in total. The fourth-order valence-electron chi connectivity index (χ4n) is 2.08. The smallest absolute Gasteiger partial charge is 0.255 e. The largest absolute Gasteiger partial charge is 0.380 e. The van der Waals surface area contributed by atoms with Crippen LogP contribution in [0.4, 0.5) is 10.1 Å². The molecule has 0 radical (unpaired) electrons. The van der Waals surface area contributed by atoms with Crippen molar-refractivity contribution in [2.75, 3.05) is 19.4 Å². The Morgan fingerprint density at radius 1 is 1.19 bits per heavy atom. The molecule has 0 heterocycles. The molecule has 0 unspecified atom stereocenters. The van der Waals surface area contributed by atoms with Gasteiger partial charge in [-0.1, -0.05) is 24.3 Å². The first-order valence-corrected chi connectivity index (χ1v) is 6.78. The zero-order chi connectivity index (χ0) is 15.4. The third kappa shape index (κ3) is 3.60. The molecule has 0 aliphatic heterocycles. The molecule has 2 aromatic carbocycles. The molecule has 110 valence electrons. The number of rotatable bonds is 4. The van der Waals surface area contributed by atoms with Crippen LogP contribution in [0.2, 0.25) is 0 Å². The minimum Gasteiger partial charge on any atom is -0.380 e. The summed E-state index contributed by atoms with van der Waals surface area (Å²) in [5.41, 5.74) is 2.99. The number of para-hydroxylation sites is 1. The second kappa shape index (κ2) is 6.39. The van der Waals surface area contributed by atoms with Gasteiger partial charge in [-0.15, -0.1) is 0 Å². The van der Waals surface area contributed by atoms with E-state index in [1.54, 1.807) is 44.1 Å². The Morgan fingerprint density at radius 2 is 1.90 bits per heavy atom. The normalized spacial score (nSPS) is 10.3. The van der Waals surface area contributed by atoms with Crippen LogP contribution >= 0.6 is 0 Å². The molecule has 0 fully saturated rings. The van der Waals surface area contributed by atoms with Gasteiger partial charge in [0.15, 0.2) is 0 Å². The summed E-state index contributed by atoms with van der Waals surface area (Å²) in [4.78, 5) is 13.7. The highest BCUT2D eigenvalue weighted by atomic mass is 19.1. The Bertz CT molecular complexity index is 653. The SMILES string of the molecule is Cc1cc(CNc2ccccc2C(=O)N(C)C)ccc1F. The Balaban J connectivity index is 2.16. The maximum absolute atomic E-state index is 13.3. The van der Waals surface area contributed by atoms with Gasteiger partial charge < -0.3 is 10.2 Å². The van der Waals surface area contributed by atoms with Gasteiger partial charge in [0.05, 0.1) is 5.56 Å². The number of amides is 1. The Labute approximate surface area is 124 Å². The van der Waals surface area contributed by atoms with Gasteiger partial charge >= 0.3 is 0 Å². The van der Waals surface area contributed by atoms with Gasteiger partial charge in [-0.25, -0.2) is 4.39 Å². The van der Waals surface area contributed by atoms with Crippen molar-refractivity contribution in [3.63, 3.8) is 0 Å². The van der Waals surface area contributed by atoms with Crippen LogP contribution in [0.15, 0.2) is 42.5 Å². The summed E-state index contributed by atoms with van der Waals surface area (Å²) in [5, 5.41) is 3.24. The van der Waals surface area contributed by atoms with Gasteiger partial charge in [0.25, 0.3) is 5.91 Å². The summed E-state index contributed by atoms with van der Waals surface area (Å²) in [6.45, 7) is 2.28. The molecule has 0 aliphatic rings. The molecule has 0 bridgehead atoms. The number of aryl methyl sites for hydroxylation is 1. The summed E-state index contributed by atoms with van der Waals surface area (Å²) in [6.07, 6.45) is 0. The van der Waals surface area contributed by atoms with Crippen molar-refractivity contribution < 1.29 is 9.18 Å². The summed E-state index contributed by atoms with van der Waals surface area (Å²) >= 11 is 0. The predicted octanol–water partition coefficient (Wildman–Crippen LogP) is 3.45. The average Bonchev–Trinajstić information content (AvgIpc) is 2.48. The van der Waals surface area contributed by atoms with Gasteiger partial charge in [0.2, 0.25) is 0 Å². The summed E-state index contributed by atoms with van der Waals surface area (Å²) < 4.78 is 13.3. The number of hydrogen-bond donors (Lipinski definition) is 1. The highest BCUT2D eigenvalue weighted by Crippen LogP contribution is 2.18. The number of hydrogen-bond acceptors (Lipinski definition) is 2. The third-order valence-electron chi connectivity index (χ3n) is 3.27. The minimum atomic E-state index is -0.207. The number of halogens is 1. The Morgan fingerprint density at radius 3 is 2.57 bits per heavy atom. The fraction of sp³-hybridized carbons (Fsp3) is 0.235. The van der Waals surface area contributed by atoms with Crippen LogP contribution in [0.5, 0.6) is 0 Å². The van der Waals surface area contributed by atoms with E-state index in [9.17, 15) is 9.18 Å². The van der Waals surface area contributed by atoms with Crippen LogP contribution in [0.3, 0.4) is 0 Å². The average molecular weight is 286 g/mol. The topological polar surface area (TPSA) is 32.3 Å². The van der Waals surface area contributed by atoms with Crippen molar-refractivity contribution in [3.05, 3.63) is 65.0 Å². The molecule has 1 amide bonds. The standard InChI is InChI=1S/C17H19FN2O/c1-12-10-13(8-9-15(12)18)11-19-16-7-5-4-6-14(16)17(21)20(2)3/h4-10,19H,11H2,1-3H3. The van der Waals surface area contributed by atoms with E-state index >= 15 is 0 Å². The first-order chi connectivity index (χ1) is 9.99. The molecule has 0 spiro atoms. The van der Waals surface area contributed by atoms with Crippen LogP contribution in [0.1, 0.15) is 21.5 Å². The zero-order valence-corrected chi connectivity index (χ0v) is 12.5. The van der Waals surface area contributed by atoms with Crippen LogP contribution < -0.4 is 5.32 Å².